The third-order valence-electron chi connectivity index (χ3n) is 7.05. The van der Waals surface area contributed by atoms with Gasteiger partial charge in [0.25, 0.3) is 0 Å². The van der Waals surface area contributed by atoms with Crippen molar-refractivity contribution in [3.05, 3.63) is 88.2 Å². The van der Waals surface area contributed by atoms with Crippen molar-refractivity contribution in [1.29, 1.82) is 0 Å². The average molecular weight is 605 g/mol. The molecule has 0 saturated carbocycles. The number of hydrogen-bond donors (Lipinski definition) is 3. The maximum absolute atomic E-state index is 14.4. The van der Waals surface area contributed by atoms with Crippen LogP contribution in [-0.4, -0.2) is 69.5 Å². The number of aromatic nitrogens is 1. The summed E-state index contributed by atoms with van der Waals surface area (Å²) in [7, 11) is 0. The number of carbonyl (C=O) groups is 4. The van der Waals surface area contributed by atoms with Crippen molar-refractivity contribution < 1.29 is 23.9 Å². The fourth-order valence-electron chi connectivity index (χ4n) is 5.22. The third kappa shape index (κ3) is 6.56. The van der Waals surface area contributed by atoms with Gasteiger partial charge in [0.15, 0.2) is 5.78 Å². The minimum atomic E-state index is -0.741. The topological polar surface area (TPSA) is 150 Å². The molecule has 2 atom stereocenters. The van der Waals surface area contributed by atoms with Crippen LogP contribution in [0.2, 0.25) is 5.02 Å². The van der Waals surface area contributed by atoms with Gasteiger partial charge in [0.05, 0.1) is 18.0 Å². The predicted molar refractivity (Wildman–Crippen MR) is 161 cm³/mol. The number of hydrogen-bond acceptors (Lipinski definition) is 6. The molecule has 0 aliphatic carbocycles. The van der Waals surface area contributed by atoms with Crippen molar-refractivity contribution in [2.45, 2.75) is 44.9 Å². The maximum atomic E-state index is 14.4. The van der Waals surface area contributed by atoms with E-state index in [-0.39, 0.29) is 18.0 Å². The highest BCUT2D eigenvalue weighted by atomic mass is 35.5. The summed E-state index contributed by atoms with van der Waals surface area (Å²) in [6.45, 7) is 6.14. The number of Topliss-reactive ketones (excluding diaryl/α,β-unsaturated/α-hetero) is 1. The number of primary amides is 1. The van der Waals surface area contributed by atoms with Gasteiger partial charge < -0.3 is 25.7 Å². The number of nitrogens with zero attached hydrogens (tertiary/aromatic N) is 3. The molecule has 0 unspecified atom stereocenters. The molecule has 11 nitrogen and oxygen atoms in total. The normalized spacial score (nSPS) is 18.7. The third-order valence-corrected chi connectivity index (χ3v) is 7.30. The van der Waals surface area contributed by atoms with Crippen LogP contribution in [-0.2, 0) is 9.59 Å². The lowest BCUT2D eigenvalue weighted by atomic mass is 9.95. The minimum Gasteiger partial charge on any atom is -0.487 e. The summed E-state index contributed by atoms with van der Waals surface area (Å²) < 4.78 is 6.33. The van der Waals surface area contributed by atoms with E-state index in [1.165, 1.54) is 4.90 Å². The van der Waals surface area contributed by atoms with E-state index in [2.05, 4.69) is 10.3 Å². The second kappa shape index (κ2) is 11.9. The van der Waals surface area contributed by atoms with E-state index in [9.17, 15) is 19.2 Å². The number of urea groups is 1. The Balaban J connectivity index is 1.69. The molecule has 0 bridgehead atoms. The van der Waals surface area contributed by atoms with E-state index in [1.807, 2.05) is 45.2 Å². The molecule has 3 aromatic rings. The number of amides is 4. The van der Waals surface area contributed by atoms with Gasteiger partial charge in [0, 0.05) is 36.1 Å². The van der Waals surface area contributed by atoms with Crippen LogP contribution in [0.1, 0.15) is 66.3 Å². The summed E-state index contributed by atoms with van der Waals surface area (Å²) in [6.07, 6.45) is 3.13. The zero-order valence-electron chi connectivity index (χ0n) is 24.1. The lowest BCUT2D eigenvalue weighted by Gasteiger charge is -2.35. The van der Waals surface area contributed by atoms with Crippen molar-refractivity contribution in [3.63, 3.8) is 0 Å². The molecule has 2 aromatic carbocycles. The maximum Gasteiger partial charge on any atom is 0.326 e. The van der Waals surface area contributed by atoms with Gasteiger partial charge in [-0.25, -0.2) is 4.79 Å². The van der Waals surface area contributed by atoms with E-state index >= 15 is 0 Å². The number of rotatable bonds is 7. The minimum absolute atomic E-state index is 0.0972. The Morgan fingerprint density at radius 1 is 1.09 bits per heavy atom. The number of benzene rings is 2. The summed E-state index contributed by atoms with van der Waals surface area (Å²) in [5.74, 6) is -0.827. The molecule has 1 aromatic heterocycles. The molecule has 224 valence electrons. The quantitative estimate of drug-likeness (QED) is 0.275. The second-order valence-corrected chi connectivity index (χ2v) is 11.9. The van der Waals surface area contributed by atoms with Gasteiger partial charge in [-0.1, -0.05) is 29.8 Å². The van der Waals surface area contributed by atoms with Crippen molar-refractivity contribution >= 4 is 41.1 Å². The van der Waals surface area contributed by atoms with Gasteiger partial charge in [0.2, 0.25) is 11.8 Å². The first-order valence-electron chi connectivity index (χ1n) is 13.9. The molecule has 4 amide bonds. The number of piperazine rings is 1. The van der Waals surface area contributed by atoms with E-state index in [0.29, 0.717) is 35.3 Å². The van der Waals surface area contributed by atoms with Gasteiger partial charge in [-0.2, -0.15) is 0 Å². The van der Waals surface area contributed by atoms with Crippen LogP contribution in [0.4, 0.5) is 4.79 Å². The Labute approximate surface area is 254 Å². The fraction of sp³-hybridized carbons (Fsp3) is 0.323. The standard InChI is InChI=1S/C31H33ClN6O5/c1-31(2,3)43-24-14-19(23(39)15-25(33)40)6-9-22(24)29-36-27(18-4-7-21(32)8-5-18)28(20-10-11-34-16-20)38(29)30(42)37-13-12-35-26(41)17-37/h4-11,14,16,27-28,34H,12-13,15,17H2,1-3H3,(H2,33,40)(H,35,41)/t27-,28+/m0/s1. The highest BCUT2D eigenvalue weighted by molar-refractivity contribution is 6.30. The summed E-state index contributed by atoms with van der Waals surface area (Å²) in [6, 6.07) is 12.4. The van der Waals surface area contributed by atoms with Crippen molar-refractivity contribution in [3.8, 4) is 5.75 Å². The smallest absolute Gasteiger partial charge is 0.326 e. The molecule has 0 radical (unpaired) electrons. The number of carbonyl (C=O) groups excluding carboxylic acids is 4. The van der Waals surface area contributed by atoms with E-state index in [1.54, 1.807) is 41.4 Å². The Hall–Kier alpha value is -4.64. The largest absolute Gasteiger partial charge is 0.487 e. The van der Waals surface area contributed by atoms with Gasteiger partial charge in [0.1, 0.15) is 29.8 Å². The van der Waals surface area contributed by atoms with E-state index < -0.39 is 41.8 Å². The monoisotopic (exact) mass is 604 g/mol. The molecule has 4 N–H and O–H groups in total. The molecule has 3 heterocycles. The molecule has 1 saturated heterocycles. The first-order chi connectivity index (χ1) is 20.4. The van der Waals surface area contributed by atoms with Gasteiger partial charge >= 0.3 is 6.03 Å². The number of amidine groups is 1. The molecule has 0 spiro atoms. The van der Waals surface area contributed by atoms with Crippen LogP contribution in [0.5, 0.6) is 5.75 Å². The molecule has 43 heavy (non-hydrogen) atoms. The summed E-state index contributed by atoms with van der Waals surface area (Å²) in [5, 5.41) is 3.32. The van der Waals surface area contributed by atoms with Crippen LogP contribution in [0.25, 0.3) is 0 Å². The zero-order chi connectivity index (χ0) is 30.9. The Morgan fingerprint density at radius 3 is 2.47 bits per heavy atom. The number of halogens is 1. The lowest BCUT2D eigenvalue weighted by molar-refractivity contribution is -0.123. The van der Waals surface area contributed by atoms with Crippen LogP contribution in [0, 0.1) is 0 Å². The summed E-state index contributed by atoms with van der Waals surface area (Å²) in [5.41, 5.74) is 6.93. The molecule has 2 aliphatic heterocycles. The van der Waals surface area contributed by atoms with Gasteiger partial charge in [-0.15, -0.1) is 0 Å². The van der Waals surface area contributed by atoms with Gasteiger partial charge in [-0.3, -0.25) is 24.3 Å². The molecular formula is C31H33ClN6O5. The second-order valence-electron chi connectivity index (χ2n) is 11.5. The number of H-pyrrole nitrogens is 1. The SMILES string of the molecule is CC(C)(C)Oc1cc(C(=O)CC(N)=O)ccc1C1=N[C@@H](c2ccc(Cl)cc2)[C@@H](c2cc[nH]c2)N1C(=O)N1CCNC(=O)C1. The molecular weight excluding hydrogens is 572 g/mol. The number of aromatic amines is 1. The summed E-state index contributed by atoms with van der Waals surface area (Å²) >= 11 is 6.20. The van der Waals surface area contributed by atoms with Crippen molar-refractivity contribution in [2.75, 3.05) is 19.6 Å². The number of nitrogens with one attached hydrogen (secondary N) is 2. The van der Waals surface area contributed by atoms with Gasteiger partial charge in [-0.05, 0) is 62.2 Å². The number of ether oxygens (including phenoxy) is 1. The van der Waals surface area contributed by atoms with Crippen molar-refractivity contribution in [1.82, 2.24) is 20.1 Å². The first-order valence-corrected chi connectivity index (χ1v) is 14.2. The van der Waals surface area contributed by atoms with Crippen LogP contribution < -0.4 is 15.8 Å². The predicted octanol–water partition coefficient (Wildman–Crippen LogP) is 4.00. The number of ketones is 1. The molecule has 2 aliphatic rings. The fourth-order valence-corrected chi connectivity index (χ4v) is 5.35. The van der Waals surface area contributed by atoms with Crippen molar-refractivity contribution in [2.24, 2.45) is 10.7 Å². The summed E-state index contributed by atoms with van der Waals surface area (Å²) in [4.78, 5) is 62.2. The van der Waals surface area contributed by atoms with Crippen LogP contribution in [0.3, 0.4) is 0 Å². The molecule has 5 rings (SSSR count). The zero-order valence-corrected chi connectivity index (χ0v) is 24.9. The highest BCUT2D eigenvalue weighted by Crippen LogP contribution is 2.45. The van der Waals surface area contributed by atoms with E-state index in [4.69, 9.17) is 27.1 Å². The Morgan fingerprint density at radius 2 is 1.84 bits per heavy atom. The Bertz CT molecular complexity index is 1580. The lowest BCUT2D eigenvalue weighted by Crippen LogP contribution is -2.55. The van der Waals surface area contributed by atoms with Crippen LogP contribution >= 0.6 is 11.6 Å². The highest BCUT2D eigenvalue weighted by Gasteiger charge is 2.45. The number of nitrogens with two attached hydrogens (primary N) is 1. The molecule has 12 heteroatoms. The molecule has 1 fully saturated rings. The number of aliphatic imine (C=N–C) groups is 1. The first kappa shape index (κ1) is 29.8. The Kier molecular flexibility index (Phi) is 8.27. The average Bonchev–Trinajstić information content (AvgIpc) is 3.60. The van der Waals surface area contributed by atoms with E-state index in [0.717, 1.165) is 11.1 Å². The van der Waals surface area contributed by atoms with Crippen LogP contribution in [0.15, 0.2) is 65.9 Å².